The number of nitrogens with two attached hydrogens (primary N) is 1. The Bertz CT molecular complexity index is 867. The van der Waals surface area contributed by atoms with Crippen LogP contribution in [0.5, 0.6) is 0 Å². The van der Waals surface area contributed by atoms with Crippen molar-refractivity contribution >= 4 is 40.3 Å². The number of rotatable bonds is 7. The van der Waals surface area contributed by atoms with Gasteiger partial charge in [0.05, 0.1) is 10.7 Å². The zero-order valence-electron chi connectivity index (χ0n) is 15.3. The summed E-state index contributed by atoms with van der Waals surface area (Å²) in [5.74, 6) is -0.536. The van der Waals surface area contributed by atoms with Crippen LogP contribution in [0, 0.1) is 11.3 Å². The second-order valence-corrected chi connectivity index (χ2v) is 6.13. The molecule has 0 saturated carbocycles. The highest BCUT2D eigenvalue weighted by Crippen LogP contribution is 2.23. The molecule has 0 radical (unpaired) electrons. The molecule has 140 valence electrons. The zero-order chi connectivity index (χ0) is 19.8. The lowest BCUT2D eigenvalue weighted by atomic mass is 10.2. The van der Waals surface area contributed by atoms with Crippen molar-refractivity contribution in [3.05, 3.63) is 59.3 Å². The Morgan fingerprint density at radius 3 is 2.37 bits per heavy atom. The molecule has 7 heteroatoms. The van der Waals surface area contributed by atoms with E-state index in [1.54, 1.807) is 12.1 Å². The van der Waals surface area contributed by atoms with Gasteiger partial charge in [0.15, 0.2) is 0 Å². The first-order chi connectivity index (χ1) is 13.0. The van der Waals surface area contributed by atoms with Crippen molar-refractivity contribution in [2.75, 3.05) is 34.4 Å². The van der Waals surface area contributed by atoms with Crippen molar-refractivity contribution in [3.8, 4) is 6.07 Å². The van der Waals surface area contributed by atoms with Gasteiger partial charge in [0.1, 0.15) is 11.6 Å². The summed E-state index contributed by atoms with van der Waals surface area (Å²) >= 11 is 5.94. The van der Waals surface area contributed by atoms with E-state index in [9.17, 15) is 10.1 Å². The highest BCUT2D eigenvalue weighted by molar-refractivity contribution is 6.33. The molecular weight excluding hydrogens is 362 g/mol. The highest BCUT2D eigenvalue weighted by atomic mass is 35.5. The van der Waals surface area contributed by atoms with E-state index in [1.165, 1.54) is 12.3 Å². The molecule has 0 bridgehead atoms. The third-order valence-corrected chi connectivity index (χ3v) is 4.33. The van der Waals surface area contributed by atoms with E-state index in [2.05, 4.69) is 29.4 Å². The number of nitrogen functional groups attached to an aromatic ring is 1. The van der Waals surface area contributed by atoms with Crippen LogP contribution >= 0.6 is 11.6 Å². The number of nitrogens with zero attached hydrogens (tertiary/aromatic N) is 2. The summed E-state index contributed by atoms with van der Waals surface area (Å²) < 4.78 is 0. The van der Waals surface area contributed by atoms with Crippen molar-refractivity contribution in [1.82, 2.24) is 0 Å². The van der Waals surface area contributed by atoms with E-state index in [4.69, 9.17) is 17.3 Å². The average Bonchev–Trinajstić information content (AvgIpc) is 2.67. The Labute approximate surface area is 164 Å². The fourth-order valence-electron chi connectivity index (χ4n) is 2.46. The van der Waals surface area contributed by atoms with Crippen molar-refractivity contribution in [2.45, 2.75) is 13.8 Å². The van der Waals surface area contributed by atoms with E-state index < -0.39 is 5.91 Å². The van der Waals surface area contributed by atoms with Crippen molar-refractivity contribution in [1.29, 1.82) is 5.26 Å². The van der Waals surface area contributed by atoms with E-state index in [0.29, 0.717) is 16.4 Å². The zero-order valence-corrected chi connectivity index (χ0v) is 16.0. The molecular formula is C20H22ClN5O. The molecule has 2 aromatic carbocycles. The molecule has 6 nitrogen and oxygen atoms in total. The number of nitrogens with one attached hydrogen (secondary N) is 2. The number of anilines is 4. The molecule has 0 aliphatic rings. The molecule has 0 spiro atoms. The van der Waals surface area contributed by atoms with Crippen LogP contribution in [0.4, 0.5) is 22.7 Å². The van der Waals surface area contributed by atoms with Gasteiger partial charge >= 0.3 is 0 Å². The van der Waals surface area contributed by atoms with Crippen molar-refractivity contribution in [2.24, 2.45) is 0 Å². The predicted octanol–water partition coefficient (Wildman–Crippen LogP) is 4.23. The fourth-order valence-corrected chi connectivity index (χ4v) is 2.65. The van der Waals surface area contributed by atoms with Crippen molar-refractivity contribution in [3.63, 3.8) is 0 Å². The summed E-state index contributed by atoms with van der Waals surface area (Å²) in [5.41, 5.74) is 8.36. The lowest BCUT2D eigenvalue weighted by Gasteiger charge is -2.21. The maximum absolute atomic E-state index is 12.3. The maximum Gasteiger partial charge on any atom is 0.267 e. The molecule has 0 aliphatic heterocycles. The minimum atomic E-state index is -0.536. The summed E-state index contributed by atoms with van der Waals surface area (Å²) in [5, 5.41) is 15.2. The van der Waals surface area contributed by atoms with Gasteiger partial charge in [-0.05, 0) is 56.3 Å². The van der Waals surface area contributed by atoms with Crippen molar-refractivity contribution < 1.29 is 4.79 Å². The first-order valence-corrected chi connectivity index (χ1v) is 8.94. The third kappa shape index (κ3) is 5.40. The van der Waals surface area contributed by atoms with Gasteiger partial charge in [-0.1, -0.05) is 11.6 Å². The Morgan fingerprint density at radius 1 is 1.19 bits per heavy atom. The summed E-state index contributed by atoms with van der Waals surface area (Å²) in [4.78, 5) is 14.5. The molecule has 0 heterocycles. The largest absolute Gasteiger partial charge is 0.398 e. The first kappa shape index (κ1) is 20.1. The number of hydrogen-bond donors (Lipinski definition) is 3. The van der Waals surface area contributed by atoms with Gasteiger partial charge in [-0.2, -0.15) is 5.26 Å². The smallest absolute Gasteiger partial charge is 0.267 e. The Morgan fingerprint density at radius 2 is 1.81 bits per heavy atom. The molecule has 0 aromatic heterocycles. The van der Waals surface area contributed by atoms with E-state index in [1.807, 2.05) is 30.3 Å². The summed E-state index contributed by atoms with van der Waals surface area (Å²) in [6.45, 7) is 6.06. The lowest BCUT2D eigenvalue weighted by molar-refractivity contribution is -0.112. The number of carbonyl (C=O) groups is 1. The Balaban J connectivity index is 2.06. The molecule has 0 unspecified atom stereocenters. The molecule has 27 heavy (non-hydrogen) atoms. The van der Waals surface area contributed by atoms with Gasteiger partial charge in [-0.25, -0.2) is 0 Å². The molecule has 2 rings (SSSR count). The summed E-state index contributed by atoms with van der Waals surface area (Å²) in [6, 6.07) is 14.4. The average molecular weight is 384 g/mol. The Hall–Kier alpha value is -3.17. The molecule has 0 saturated heterocycles. The van der Waals surface area contributed by atoms with E-state index in [0.717, 1.165) is 24.5 Å². The van der Waals surface area contributed by atoms with E-state index in [-0.39, 0.29) is 5.57 Å². The van der Waals surface area contributed by atoms with Crippen LogP contribution in [0.25, 0.3) is 0 Å². The maximum atomic E-state index is 12.3. The van der Waals surface area contributed by atoms with E-state index >= 15 is 0 Å². The van der Waals surface area contributed by atoms with Gasteiger partial charge in [-0.15, -0.1) is 0 Å². The number of nitriles is 1. The van der Waals surface area contributed by atoms with Crippen LogP contribution in [0.1, 0.15) is 13.8 Å². The molecule has 2 aromatic rings. The molecule has 4 N–H and O–H groups in total. The second-order valence-electron chi connectivity index (χ2n) is 5.72. The highest BCUT2D eigenvalue weighted by Gasteiger charge is 2.10. The predicted molar refractivity (Wildman–Crippen MR) is 112 cm³/mol. The van der Waals surface area contributed by atoms with Gasteiger partial charge < -0.3 is 21.3 Å². The van der Waals surface area contributed by atoms with Gasteiger partial charge in [0.25, 0.3) is 5.91 Å². The van der Waals surface area contributed by atoms with Crippen LogP contribution in [-0.4, -0.2) is 19.0 Å². The van der Waals surface area contributed by atoms with Crippen LogP contribution in [0.15, 0.2) is 54.2 Å². The normalized spacial score (nSPS) is 10.8. The number of benzene rings is 2. The van der Waals surface area contributed by atoms with Crippen LogP contribution in [0.2, 0.25) is 5.02 Å². The van der Waals surface area contributed by atoms with Crippen LogP contribution in [-0.2, 0) is 4.79 Å². The minimum absolute atomic E-state index is 0.0595. The second kappa shape index (κ2) is 9.51. The molecule has 1 amide bonds. The number of halogens is 1. The Kier molecular flexibility index (Phi) is 7.09. The van der Waals surface area contributed by atoms with Gasteiger partial charge in [-0.3, -0.25) is 4.79 Å². The molecule has 0 atom stereocenters. The third-order valence-electron chi connectivity index (χ3n) is 4.00. The topological polar surface area (TPSA) is 94.2 Å². The van der Waals surface area contributed by atoms with Crippen LogP contribution < -0.4 is 21.3 Å². The SMILES string of the molecule is CCN(CC)c1ccc(N/C=C(/C#N)C(=O)Nc2ccc(N)c(Cl)c2)cc1. The molecule has 0 fully saturated rings. The van der Waals surface area contributed by atoms with Gasteiger partial charge in [0.2, 0.25) is 0 Å². The van der Waals surface area contributed by atoms with Gasteiger partial charge in [0, 0.05) is 36.4 Å². The quantitative estimate of drug-likeness (QED) is 0.378. The lowest BCUT2D eigenvalue weighted by Crippen LogP contribution is -2.21. The number of carbonyl (C=O) groups excluding carboxylic acids is 1. The number of amides is 1. The summed E-state index contributed by atoms with van der Waals surface area (Å²) in [7, 11) is 0. The minimum Gasteiger partial charge on any atom is -0.398 e. The van der Waals surface area contributed by atoms with Crippen LogP contribution in [0.3, 0.4) is 0 Å². The summed E-state index contributed by atoms with van der Waals surface area (Å²) in [6.07, 6.45) is 1.38. The fraction of sp³-hybridized carbons (Fsp3) is 0.200. The first-order valence-electron chi connectivity index (χ1n) is 8.56. The molecule has 0 aliphatic carbocycles. The number of hydrogen-bond acceptors (Lipinski definition) is 5. The standard InChI is InChI=1S/C20H22ClN5O/c1-3-26(4-2)17-8-5-15(6-9-17)24-13-14(12-22)20(27)25-16-7-10-19(23)18(21)11-16/h5-11,13,24H,3-4,23H2,1-2H3,(H,25,27)/b14-13-. The monoisotopic (exact) mass is 383 g/mol.